The predicted molar refractivity (Wildman–Crippen MR) is 98.9 cm³/mol. The lowest BCUT2D eigenvalue weighted by atomic mass is 10.1. The number of hydrogen-bond acceptors (Lipinski definition) is 4. The van der Waals surface area contributed by atoms with Gasteiger partial charge in [-0.15, -0.1) is 0 Å². The molecule has 0 spiro atoms. The van der Waals surface area contributed by atoms with Crippen LogP contribution in [0.2, 0.25) is 0 Å². The summed E-state index contributed by atoms with van der Waals surface area (Å²) in [5, 5.41) is 2.19. The van der Waals surface area contributed by atoms with Gasteiger partial charge in [0, 0.05) is 13.5 Å². The number of hydrogen-bond donors (Lipinski definition) is 1. The molecule has 1 unspecified atom stereocenters. The molecule has 2 rings (SSSR count). The fourth-order valence-electron chi connectivity index (χ4n) is 2.51. The van der Waals surface area contributed by atoms with E-state index in [4.69, 9.17) is 4.74 Å². The van der Waals surface area contributed by atoms with E-state index in [1.807, 2.05) is 24.3 Å². The van der Waals surface area contributed by atoms with Crippen molar-refractivity contribution in [3.8, 4) is 5.75 Å². The smallest absolute Gasteiger partial charge is 0.233 e. The molecule has 128 valence electrons. The molecule has 1 amide bonds. The molecule has 5 heteroatoms. The van der Waals surface area contributed by atoms with Crippen LogP contribution in [0.15, 0.2) is 48.1 Å². The molecule has 0 saturated carbocycles. The number of rotatable bonds is 9. The molecule has 0 radical (unpaired) electrons. The first-order valence-electron chi connectivity index (χ1n) is 8.11. The lowest BCUT2D eigenvalue weighted by Gasteiger charge is -2.13. The van der Waals surface area contributed by atoms with Crippen molar-refractivity contribution in [1.29, 1.82) is 0 Å². The van der Waals surface area contributed by atoms with Crippen molar-refractivity contribution in [2.45, 2.75) is 30.9 Å². The van der Waals surface area contributed by atoms with Gasteiger partial charge in [0.05, 0.1) is 11.9 Å². The van der Waals surface area contributed by atoms with Gasteiger partial charge in [-0.1, -0.05) is 42.1 Å². The van der Waals surface area contributed by atoms with Gasteiger partial charge in [0.15, 0.2) is 5.62 Å². The van der Waals surface area contributed by atoms with Gasteiger partial charge in [0.1, 0.15) is 5.75 Å². The number of amides is 1. The number of allylic oxidation sites excluding steroid dienone is 3. The molecule has 0 heterocycles. The zero-order valence-corrected chi connectivity index (χ0v) is 14.7. The Morgan fingerprint density at radius 3 is 2.75 bits per heavy atom. The van der Waals surface area contributed by atoms with Crippen LogP contribution in [0.3, 0.4) is 0 Å². The Hall–Kier alpha value is -2.01. The minimum Gasteiger partial charge on any atom is -0.493 e. The van der Waals surface area contributed by atoms with Crippen molar-refractivity contribution < 1.29 is 14.3 Å². The maximum Gasteiger partial charge on any atom is 0.233 e. The van der Waals surface area contributed by atoms with E-state index in [2.05, 4.69) is 23.5 Å². The number of nitrogens with one attached hydrogen (secondary N) is 1. The van der Waals surface area contributed by atoms with Crippen molar-refractivity contribution >= 4 is 23.3 Å². The lowest BCUT2D eigenvalue weighted by molar-refractivity contribution is -0.120. The van der Waals surface area contributed by atoms with Crippen molar-refractivity contribution in [3.05, 3.63) is 53.6 Å². The number of benzene rings is 1. The van der Waals surface area contributed by atoms with E-state index in [1.54, 1.807) is 7.05 Å². The van der Waals surface area contributed by atoms with Gasteiger partial charge in [0.2, 0.25) is 5.91 Å². The zero-order valence-electron chi connectivity index (χ0n) is 13.9. The Kier molecular flexibility index (Phi) is 7.62. The monoisotopic (exact) mass is 345 g/mol. The molecule has 1 aromatic carbocycles. The third-order valence-electron chi connectivity index (χ3n) is 3.83. The van der Waals surface area contributed by atoms with E-state index in [9.17, 15) is 9.59 Å². The van der Waals surface area contributed by atoms with Crippen LogP contribution >= 0.6 is 11.8 Å². The van der Waals surface area contributed by atoms with Crippen LogP contribution in [0.4, 0.5) is 0 Å². The Bertz CT molecular complexity index is 608. The van der Waals surface area contributed by atoms with Crippen LogP contribution in [0, 0.1) is 0 Å². The molecule has 1 aliphatic carbocycles. The summed E-state index contributed by atoms with van der Waals surface area (Å²) < 4.78 is 5.77. The summed E-state index contributed by atoms with van der Waals surface area (Å²) in [6.07, 6.45) is 10.3. The molecule has 1 atom stereocenters. The van der Waals surface area contributed by atoms with Crippen molar-refractivity contribution in [3.63, 3.8) is 0 Å². The molecule has 4 nitrogen and oxygen atoms in total. The van der Waals surface area contributed by atoms with Gasteiger partial charge in [-0.05, 0) is 42.5 Å². The molecular formula is C19H23NO3S. The normalized spacial score (nSPS) is 14.6. The largest absolute Gasteiger partial charge is 0.493 e. The van der Waals surface area contributed by atoms with E-state index < -0.39 is 5.25 Å². The van der Waals surface area contributed by atoms with Gasteiger partial charge in [-0.25, -0.2) is 0 Å². The van der Waals surface area contributed by atoms with Crippen molar-refractivity contribution in [2.24, 2.45) is 0 Å². The first kappa shape index (κ1) is 18.3. The molecule has 24 heavy (non-hydrogen) atoms. The zero-order chi connectivity index (χ0) is 17.2. The van der Waals surface area contributed by atoms with Gasteiger partial charge >= 0.3 is 0 Å². The second-order valence-electron chi connectivity index (χ2n) is 5.54. The maximum atomic E-state index is 11.7. The highest BCUT2D eigenvalue weighted by molar-refractivity contribution is 8.13. The highest BCUT2D eigenvalue weighted by Crippen LogP contribution is 2.19. The maximum absolute atomic E-state index is 11.7. The Morgan fingerprint density at radius 2 is 2.12 bits per heavy atom. The second-order valence-corrected chi connectivity index (χ2v) is 6.57. The first-order chi connectivity index (χ1) is 11.7. The third-order valence-corrected chi connectivity index (χ3v) is 4.65. The van der Waals surface area contributed by atoms with Crippen LogP contribution in [-0.4, -0.2) is 30.4 Å². The van der Waals surface area contributed by atoms with Crippen molar-refractivity contribution in [2.75, 3.05) is 13.7 Å². The molecule has 1 aromatic rings. The quantitative estimate of drug-likeness (QED) is 0.698. The topological polar surface area (TPSA) is 55.4 Å². The summed E-state index contributed by atoms with van der Waals surface area (Å²) in [4.78, 5) is 22.4. The summed E-state index contributed by atoms with van der Waals surface area (Å²) in [6.45, 7) is 0.650. The van der Waals surface area contributed by atoms with Crippen molar-refractivity contribution in [1.82, 2.24) is 5.32 Å². The fraction of sp³-hybridized carbons (Fsp3) is 0.368. The molecule has 1 aliphatic rings. The summed E-state index contributed by atoms with van der Waals surface area (Å²) in [5.41, 5.74) is 3.05. The van der Waals surface area contributed by atoms with Gasteiger partial charge < -0.3 is 10.1 Å². The minimum atomic E-state index is -0.399. The second kappa shape index (κ2) is 9.98. The van der Waals surface area contributed by atoms with Crippen LogP contribution in [0.25, 0.3) is 0 Å². The Morgan fingerprint density at radius 1 is 1.33 bits per heavy atom. The summed E-state index contributed by atoms with van der Waals surface area (Å²) in [5.74, 6) is 0.680. The Balaban J connectivity index is 1.83. The molecule has 1 N–H and O–H groups in total. The van der Waals surface area contributed by atoms with E-state index in [-0.39, 0.29) is 5.91 Å². The van der Waals surface area contributed by atoms with Crippen LogP contribution < -0.4 is 10.1 Å². The fourth-order valence-corrected chi connectivity index (χ4v) is 3.17. The lowest BCUT2D eigenvalue weighted by Crippen LogP contribution is -2.31. The highest BCUT2D eigenvalue weighted by atomic mass is 32.2. The van der Waals surface area contributed by atoms with E-state index >= 15 is 0 Å². The summed E-state index contributed by atoms with van der Waals surface area (Å²) in [7, 11) is 1.58. The van der Waals surface area contributed by atoms with Crippen LogP contribution in [0.1, 0.15) is 24.8 Å². The van der Waals surface area contributed by atoms with Crippen LogP contribution in [-0.2, 0) is 16.0 Å². The predicted octanol–water partition coefficient (Wildman–Crippen LogP) is 3.31. The third kappa shape index (κ3) is 5.89. The van der Waals surface area contributed by atoms with Gasteiger partial charge in [-0.3, -0.25) is 9.59 Å². The van der Waals surface area contributed by atoms with E-state index in [0.717, 1.165) is 42.3 Å². The minimum absolute atomic E-state index is 0.138. The molecular weight excluding hydrogens is 322 g/mol. The van der Waals surface area contributed by atoms with Crippen LogP contribution in [0.5, 0.6) is 5.75 Å². The first-order valence-corrected chi connectivity index (χ1v) is 9.05. The standard InChI is InChI=1S/C19H23NO3S/c1-20-19(22)18(24-14-21)13-16-7-9-17(10-8-16)23-12-11-15-5-3-2-4-6-15/h3,5-10,14,18H,2,4,11-13H2,1H3,(H,20,22). The summed E-state index contributed by atoms with van der Waals surface area (Å²) in [6, 6.07) is 7.70. The number of carbonyl (C=O) groups excluding carboxylic acids is 2. The van der Waals surface area contributed by atoms with Gasteiger partial charge in [-0.2, -0.15) is 0 Å². The van der Waals surface area contributed by atoms with E-state index in [0.29, 0.717) is 18.6 Å². The Labute approximate surface area is 147 Å². The average Bonchev–Trinajstić information content (AvgIpc) is 2.63. The SMILES string of the molecule is CNC(=O)C(Cc1ccc(OCCC2=CCCC=C2)cc1)SC=O. The number of ether oxygens (including phenoxy) is 1. The highest BCUT2D eigenvalue weighted by Gasteiger charge is 2.18. The average molecular weight is 345 g/mol. The number of carbonyl (C=O) groups is 2. The molecule has 0 aliphatic heterocycles. The molecule has 0 aromatic heterocycles. The molecule has 0 fully saturated rings. The van der Waals surface area contributed by atoms with Gasteiger partial charge in [0.25, 0.3) is 0 Å². The molecule has 0 saturated heterocycles. The van der Waals surface area contributed by atoms with E-state index in [1.165, 1.54) is 5.57 Å². The number of thioether (sulfide) groups is 1. The summed E-state index contributed by atoms with van der Waals surface area (Å²) >= 11 is 1.00. The molecule has 0 bridgehead atoms.